The van der Waals surface area contributed by atoms with E-state index >= 15 is 0 Å². The summed E-state index contributed by atoms with van der Waals surface area (Å²) in [6.07, 6.45) is 6.39. The van der Waals surface area contributed by atoms with Crippen molar-refractivity contribution < 1.29 is 0 Å². The number of hydrogen-bond acceptors (Lipinski definition) is 1. The summed E-state index contributed by atoms with van der Waals surface area (Å²) in [6, 6.07) is 10.0. The van der Waals surface area contributed by atoms with Crippen LogP contribution in [0.5, 0.6) is 0 Å². The van der Waals surface area contributed by atoms with Crippen molar-refractivity contribution in [3.63, 3.8) is 0 Å². The number of aryl methyl sites for hydroxylation is 1. The molecule has 3 unspecified atom stereocenters. The Morgan fingerprint density at radius 2 is 1.74 bits per heavy atom. The SMILES string of the molecule is CCCNC1CCC(Cc2ccc(CC)cc2)C1C. The largest absolute Gasteiger partial charge is 0.314 e. The van der Waals surface area contributed by atoms with Gasteiger partial charge in [0.15, 0.2) is 0 Å². The van der Waals surface area contributed by atoms with Crippen LogP contribution in [-0.4, -0.2) is 12.6 Å². The molecule has 0 bridgehead atoms. The third kappa shape index (κ3) is 3.82. The summed E-state index contributed by atoms with van der Waals surface area (Å²) >= 11 is 0. The predicted octanol–water partition coefficient (Wildman–Crippen LogP) is 4.21. The molecule has 1 saturated carbocycles. The molecule has 0 radical (unpaired) electrons. The monoisotopic (exact) mass is 259 g/mol. The molecule has 0 amide bonds. The van der Waals surface area contributed by atoms with Crippen LogP contribution in [0.15, 0.2) is 24.3 Å². The van der Waals surface area contributed by atoms with Gasteiger partial charge in [0.25, 0.3) is 0 Å². The lowest BCUT2D eigenvalue weighted by atomic mass is 9.89. The zero-order valence-electron chi connectivity index (χ0n) is 12.8. The van der Waals surface area contributed by atoms with Crippen LogP contribution in [0, 0.1) is 11.8 Å². The zero-order valence-corrected chi connectivity index (χ0v) is 12.8. The summed E-state index contributed by atoms with van der Waals surface area (Å²) < 4.78 is 0. The molecule has 0 aliphatic heterocycles. The van der Waals surface area contributed by atoms with Crippen LogP contribution >= 0.6 is 0 Å². The number of rotatable bonds is 6. The topological polar surface area (TPSA) is 12.0 Å². The first-order valence-corrected chi connectivity index (χ1v) is 8.05. The van der Waals surface area contributed by atoms with Gasteiger partial charge in [-0.25, -0.2) is 0 Å². The smallest absolute Gasteiger partial charge is 0.00955 e. The Labute approximate surface area is 118 Å². The first-order chi connectivity index (χ1) is 9.24. The maximum Gasteiger partial charge on any atom is 0.00955 e. The van der Waals surface area contributed by atoms with Gasteiger partial charge in [0.1, 0.15) is 0 Å². The van der Waals surface area contributed by atoms with E-state index in [1.165, 1.54) is 43.4 Å². The standard InChI is InChI=1S/C18H29N/c1-4-12-19-18-11-10-17(14(18)3)13-16-8-6-15(5-2)7-9-16/h6-9,14,17-19H,4-5,10-13H2,1-3H3. The minimum atomic E-state index is 0.750. The number of benzene rings is 1. The van der Waals surface area contributed by atoms with E-state index in [1.807, 2.05) is 0 Å². The van der Waals surface area contributed by atoms with Crippen LogP contribution in [0.1, 0.15) is 51.2 Å². The van der Waals surface area contributed by atoms with Gasteiger partial charge in [-0.3, -0.25) is 0 Å². The first kappa shape index (κ1) is 14.6. The van der Waals surface area contributed by atoms with Crippen LogP contribution in [0.25, 0.3) is 0 Å². The van der Waals surface area contributed by atoms with Crippen molar-refractivity contribution >= 4 is 0 Å². The van der Waals surface area contributed by atoms with Gasteiger partial charge in [-0.15, -0.1) is 0 Å². The van der Waals surface area contributed by atoms with Crippen molar-refractivity contribution in [1.82, 2.24) is 5.32 Å². The Balaban J connectivity index is 1.88. The molecule has 106 valence electrons. The summed E-state index contributed by atoms with van der Waals surface area (Å²) in [7, 11) is 0. The molecule has 1 heteroatoms. The fourth-order valence-electron chi connectivity index (χ4n) is 3.37. The Kier molecular flexibility index (Phi) is 5.45. The fourth-order valence-corrected chi connectivity index (χ4v) is 3.37. The van der Waals surface area contributed by atoms with Gasteiger partial charge in [0, 0.05) is 6.04 Å². The quantitative estimate of drug-likeness (QED) is 0.807. The van der Waals surface area contributed by atoms with E-state index in [0.29, 0.717) is 0 Å². The van der Waals surface area contributed by atoms with Gasteiger partial charge in [-0.2, -0.15) is 0 Å². The van der Waals surface area contributed by atoms with Gasteiger partial charge in [0.2, 0.25) is 0 Å². The molecule has 2 rings (SSSR count). The zero-order chi connectivity index (χ0) is 13.7. The molecule has 0 heterocycles. The molecule has 1 nitrogen and oxygen atoms in total. The molecule has 1 aliphatic carbocycles. The van der Waals surface area contributed by atoms with Crippen LogP contribution in [0.2, 0.25) is 0 Å². The Morgan fingerprint density at radius 1 is 1.05 bits per heavy atom. The van der Waals surface area contributed by atoms with Crippen molar-refractivity contribution in [2.75, 3.05) is 6.54 Å². The molecular formula is C18H29N. The van der Waals surface area contributed by atoms with Gasteiger partial charge in [-0.1, -0.05) is 45.0 Å². The summed E-state index contributed by atoms with van der Waals surface area (Å²) in [5.41, 5.74) is 2.97. The minimum Gasteiger partial charge on any atom is -0.314 e. The van der Waals surface area contributed by atoms with E-state index in [-0.39, 0.29) is 0 Å². The first-order valence-electron chi connectivity index (χ1n) is 8.05. The van der Waals surface area contributed by atoms with Crippen molar-refractivity contribution in [3.05, 3.63) is 35.4 Å². The van der Waals surface area contributed by atoms with Gasteiger partial charge < -0.3 is 5.32 Å². The molecule has 1 aromatic rings. The van der Waals surface area contributed by atoms with Gasteiger partial charge in [0.05, 0.1) is 0 Å². The highest BCUT2D eigenvalue weighted by molar-refractivity contribution is 5.23. The van der Waals surface area contributed by atoms with Gasteiger partial charge in [-0.05, 0) is 61.6 Å². The van der Waals surface area contributed by atoms with Crippen molar-refractivity contribution in [2.45, 2.75) is 58.9 Å². The maximum absolute atomic E-state index is 3.72. The van der Waals surface area contributed by atoms with E-state index in [9.17, 15) is 0 Å². The molecule has 0 saturated heterocycles. The van der Waals surface area contributed by atoms with E-state index in [2.05, 4.69) is 50.4 Å². The van der Waals surface area contributed by atoms with Crippen LogP contribution in [0.4, 0.5) is 0 Å². The van der Waals surface area contributed by atoms with E-state index < -0.39 is 0 Å². The maximum atomic E-state index is 3.72. The molecular weight excluding hydrogens is 230 g/mol. The average Bonchev–Trinajstić information content (AvgIpc) is 2.78. The van der Waals surface area contributed by atoms with Crippen molar-refractivity contribution in [1.29, 1.82) is 0 Å². The lowest BCUT2D eigenvalue weighted by Crippen LogP contribution is -2.33. The van der Waals surface area contributed by atoms with E-state index in [1.54, 1.807) is 0 Å². The summed E-state index contributed by atoms with van der Waals surface area (Å²) in [5.74, 6) is 1.68. The molecule has 0 spiro atoms. The average molecular weight is 259 g/mol. The van der Waals surface area contributed by atoms with Crippen LogP contribution in [0.3, 0.4) is 0 Å². The Hall–Kier alpha value is -0.820. The van der Waals surface area contributed by atoms with Crippen molar-refractivity contribution in [2.24, 2.45) is 11.8 Å². The van der Waals surface area contributed by atoms with Crippen LogP contribution < -0.4 is 5.32 Å². The fraction of sp³-hybridized carbons (Fsp3) is 0.667. The second-order valence-corrected chi connectivity index (χ2v) is 6.13. The molecule has 19 heavy (non-hydrogen) atoms. The minimum absolute atomic E-state index is 0.750. The molecule has 3 atom stereocenters. The highest BCUT2D eigenvalue weighted by Gasteiger charge is 2.31. The second-order valence-electron chi connectivity index (χ2n) is 6.13. The molecule has 1 fully saturated rings. The van der Waals surface area contributed by atoms with Crippen LogP contribution in [-0.2, 0) is 12.8 Å². The molecule has 0 aromatic heterocycles. The van der Waals surface area contributed by atoms with E-state index in [4.69, 9.17) is 0 Å². The lowest BCUT2D eigenvalue weighted by Gasteiger charge is -2.22. The Morgan fingerprint density at radius 3 is 2.37 bits per heavy atom. The normalized spacial score (nSPS) is 26.8. The Bertz CT molecular complexity index is 368. The van der Waals surface area contributed by atoms with E-state index in [0.717, 1.165) is 24.3 Å². The highest BCUT2D eigenvalue weighted by Crippen LogP contribution is 2.34. The summed E-state index contributed by atoms with van der Waals surface area (Å²) in [6.45, 7) is 8.08. The highest BCUT2D eigenvalue weighted by atomic mass is 14.9. The predicted molar refractivity (Wildman–Crippen MR) is 83.5 cm³/mol. The summed E-state index contributed by atoms with van der Waals surface area (Å²) in [5, 5.41) is 3.72. The lowest BCUT2D eigenvalue weighted by molar-refractivity contribution is 0.351. The van der Waals surface area contributed by atoms with Gasteiger partial charge >= 0.3 is 0 Å². The number of nitrogens with one attached hydrogen (secondary N) is 1. The van der Waals surface area contributed by atoms with Crippen molar-refractivity contribution in [3.8, 4) is 0 Å². The third-order valence-corrected chi connectivity index (χ3v) is 4.81. The molecule has 1 aliphatic rings. The second kappa shape index (κ2) is 7.09. The number of hydrogen-bond donors (Lipinski definition) is 1. The molecule has 1 aromatic carbocycles. The molecule has 1 N–H and O–H groups in total. The third-order valence-electron chi connectivity index (χ3n) is 4.81. The summed E-state index contributed by atoms with van der Waals surface area (Å²) in [4.78, 5) is 0.